The standard InChI is InChI=1S/C18H14N6O4S2/c25-16(13-9-5-2-6-10-13)21-17-22-23-18(29-17)30(26,27)19-11-14-20-15(24-28-14)12-7-3-1-4-8-12/h1-10,19H,11H2,(H,21,22,25). The molecule has 0 aliphatic heterocycles. The van der Waals surface area contributed by atoms with Crippen LogP contribution in [-0.2, 0) is 16.6 Å². The van der Waals surface area contributed by atoms with Crippen LogP contribution in [0.15, 0.2) is 69.5 Å². The van der Waals surface area contributed by atoms with E-state index in [9.17, 15) is 13.2 Å². The molecule has 12 heteroatoms. The molecule has 10 nitrogen and oxygen atoms in total. The number of hydrogen-bond acceptors (Lipinski definition) is 9. The number of aromatic nitrogens is 4. The van der Waals surface area contributed by atoms with Crippen molar-refractivity contribution in [3.8, 4) is 11.4 Å². The second kappa shape index (κ2) is 8.49. The molecular formula is C18H14N6O4S2. The first-order valence-electron chi connectivity index (χ1n) is 8.59. The second-order valence-electron chi connectivity index (χ2n) is 5.90. The highest BCUT2D eigenvalue weighted by Gasteiger charge is 2.22. The molecule has 0 unspecified atom stereocenters. The number of amides is 1. The summed E-state index contributed by atoms with van der Waals surface area (Å²) in [5, 5.41) is 13.8. The Morgan fingerprint density at radius 2 is 1.70 bits per heavy atom. The van der Waals surface area contributed by atoms with Crippen molar-refractivity contribution in [2.24, 2.45) is 0 Å². The van der Waals surface area contributed by atoms with Crippen LogP contribution in [-0.4, -0.2) is 34.7 Å². The van der Waals surface area contributed by atoms with Crippen LogP contribution in [0.1, 0.15) is 16.2 Å². The van der Waals surface area contributed by atoms with Gasteiger partial charge in [-0.15, -0.1) is 10.2 Å². The normalized spacial score (nSPS) is 11.3. The van der Waals surface area contributed by atoms with Crippen molar-refractivity contribution in [3.05, 3.63) is 72.1 Å². The van der Waals surface area contributed by atoms with Crippen LogP contribution in [0.4, 0.5) is 5.13 Å². The molecule has 0 fully saturated rings. The largest absolute Gasteiger partial charge is 0.338 e. The molecule has 2 aromatic carbocycles. The summed E-state index contributed by atoms with van der Waals surface area (Å²) in [6.45, 7) is -0.215. The molecule has 0 aliphatic carbocycles. The minimum Gasteiger partial charge on any atom is -0.338 e. The number of nitrogens with one attached hydrogen (secondary N) is 2. The van der Waals surface area contributed by atoms with E-state index in [1.54, 1.807) is 30.3 Å². The Balaban J connectivity index is 1.40. The number of carbonyl (C=O) groups is 1. The Kier molecular flexibility index (Phi) is 5.61. The van der Waals surface area contributed by atoms with E-state index in [1.165, 1.54) is 0 Å². The number of carbonyl (C=O) groups excluding carboxylic acids is 1. The summed E-state index contributed by atoms with van der Waals surface area (Å²) < 4.78 is 32.0. The van der Waals surface area contributed by atoms with Crippen LogP contribution >= 0.6 is 11.3 Å². The predicted molar refractivity (Wildman–Crippen MR) is 108 cm³/mol. The first-order valence-corrected chi connectivity index (χ1v) is 10.9. The van der Waals surface area contributed by atoms with Crippen LogP contribution in [0.25, 0.3) is 11.4 Å². The van der Waals surface area contributed by atoms with Gasteiger partial charge in [-0.3, -0.25) is 10.1 Å². The number of rotatable bonds is 7. The van der Waals surface area contributed by atoms with Crippen molar-refractivity contribution in [1.29, 1.82) is 0 Å². The maximum absolute atomic E-state index is 12.4. The molecular weight excluding hydrogens is 428 g/mol. The van der Waals surface area contributed by atoms with E-state index in [2.05, 4.69) is 30.4 Å². The summed E-state index contributed by atoms with van der Waals surface area (Å²) >= 11 is 0.729. The van der Waals surface area contributed by atoms with E-state index >= 15 is 0 Å². The molecule has 0 saturated heterocycles. The molecule has 0 bridgehead atoms. The van der Waals surface area contributed by atoms with Gasteiger partial charge in [0, 0.05) is 11.1 Å². The Labute approximate surface area is 175 Å². The molecule has 0 spiro atoms. The Morgan fingerprint density at radius 3 is 2.43 bits per heavy atom. The summed E-state index contributed by atoms with van der Waals surface area (Å²) in [4.78, 5) is 16.3. The monoisotopic (exact) mass is 442 g/mol. The lowest BCUT2D eigenvalue weighted by molar-refractivity contribution is 0.102. The summed E-state index contributed by atoms with van der Waals surface area (Å²) in [7, 11) is -3.98. The zero-order chi connectivity index (χ0) is 21.0. The predicted octanol–water partition coefficient (Wildman–Crippen LogP) is 2.32. The van der Waals surface area contributed by atoms with Crippen LogP contribution in [0.5, 0.6) is 0 Å². The highest BCUT2D eigenvalue weighted by Crippen LogP contribution is 2.21. The van der Waals surface area contributed by atoms with E-state index in [0.717, 1.165) is 16.9 Å². The zero-order valence-electron chi connectivity index (χ0n) is 15.2. The van der Waals surface area contributed by atoms with Crippen LogP contribution in [0.2, 0.25) is 0 Å². The second-order valence-corrected chi connectivity index (χ2v) is 8.81. The third-order valence-corrected chi connectivity index (χ3v) is 6.41. The average Bonchev–Trinajstić information content (AvgIpc) is 3.44. The van der Waals surface area contributed by atoms with E-state index < -0.39 is 15.9 Å². The minimum atomic E-state index is -3.98. The summed E-state index contributed by atoms with van der Waals surface area (Å²) in [6, 6.07) is 17.6. The lowest BCUT2D eigenvalue weighted by Gasteiger charge is -2.00. The van der Waals surface area contributed by atoms with Gasteiger partial charge < -0.3 is 4.52 Å². The summed E-state index contributed by atoms with van der Waals surface area (Å²) in [5.74, 6) is 0.0362. The third-order valence-electron chi connectivity index (χ3n) is 3.81. The molecule has 0 radical (unpaired) electrons. The van der Waals surface area contributed by atoms with Gasteiger partial charge in [-0.2, -0.15) is 9.71 Å². The molecule has 1 amide bonds. The maximum atomic E-state index is 12.4. The molecule has 0 aliphatic rings. The number of hydrogen-bond donors (Lipinski definition) is 2. The fraction of sp³-hybridized carbons (Fsp3) is 0.0556. The fourth-order valence-corrected chi connectivity index (χ4v) is 4.29. The van der Waals surface area contributed by atoms with E-state index in [-0.39, 0.29) is 21.9 Å². The topological polar surface area (TPSA) is 140 Å². The van der Waals surface area contributed by atoms with Gasteiger partial charge in [0.15, 0.2) is 0 Å². The van der Waals surface area contributed by atoms with Gasteiger partial charge in [0.05, 0.1) is 6.54 Å². The maximum Gasteiger partial charge on any atom is 0.270 e. The summed E-state index contributed by atoms with van der Waals surface area (Å²) in [5.41, 5.74) is 1.17. The van der Waals surface area contributed by atoms with Crippen molar-refractivity contribution in [1.82, 2.24) is 25.1 Å². The smallest absolute Gasteiger partial charge is 0.270 e. The van der Waals surface area contributed by atoms with Crippen LogP contribution in [0, 0.1) is 0 Å². The van der Waals surface area contributed by atoms with Crippen LogP contribution < -0.4 is 10.0 Å². The lowest BCUT2D eigenvalue weighted by Crippen LogP contribution is -2.23. The van der Waals surface area contributed by atoms with E-state index in [0.29, 0.717) is 11.4 Å². The van der Waals surface area contributed by atoms with E-state index in [1.807, 2.05) is 30.3 Å². The Hall–Kier alpha value is -3.48. The molecule has 4 rings (SSSR count). The van der Waals surface area contributed by atoms with Gasteiger partial charge in [-0.25, -0.2) is 8.42 Å². The first-order chi connectivity index (χ1) is 14.5. The molecule has 152 valence electrons. The molecule has 2 aromatic heterocycles. The van der Waals surface area contributed by atoms with Crippen molar-refractivity contribution in [3.63, 3.8) is 0 Å². The summed E-state index contributed by atoms with van der Waals surface area (Å²) in [6.07, 6.45) is 0. The molecule has 2 heterocycles. The Morgan fingerprint density at radius 1 is 1.00 bits per heavy atom. The van der Waals surface area contributed by atoms with Gasteiger partial charge in [0.2, 0.25) is 21.2 Å². The molecule has 4 aromatic rings. The van der Waals surface area contributed by atoms with E-state index in [4.69, 9.17) is 4.52 Å². The van der Waals surface area contributed by atoms with Crippen molar-refractivity contribution in [2.75, 3.05) is 5.32 Å². The average molecular weight is 442 g/mol. The number of nitrogens with zero attached hydrogens (tertiary/aromatic N) is 4. The SMILES string of the molecule is O=C(Nc1nnc(S(=O)(=O)NCc2nc(-c3ccccc3)no2)s1)c1ccccc1. The zero-order valence-corrected chi connectivity index (χ0v) is 16.9. The highest BCUT2D eigenvalue weighted by molar-refractivity contribution is 7.91. The third kappa shape index (κ3) is 4.56. The van der Waals surface area contributed by atoms with Gasteiger partial charge in [0.1, 0.15) is 0 Å². The number of anilines is 1. The van der Waals surface area contributed by atoms with Gasteiger partial charge in [0.25, 0.3) is 15.9 Å². The van der Waals surface area contributed by atoms with Crippen molar-refractivity contribution in [2.45, 2.75) is 10.9 Å². The van der Waals surface area contributed by atoms with Gasteiger partial charge in [-0.1, -0.05) is 65.0 Å². The van der Waals surface area contributed by atoms with Gasteiger partial charge in [-0.05, 0) is 12.1 Å². The van der Waals surface area contributed by atoms with Crippen molar-refractivity contribution >= 4 is 32.4 Å². The molecule has 0 atom stereocenters. The Bertz CT molecular complexity index is 1260. The molecule has 30 heavy (non-hydrogen) atoms. The number of benzene rings is 2. The highest BCUT2D eigenvalue weighted by atomic mass is 32.2. The molecule has 2 N–H and O–H groups in total. The first kappa shape index (κ1) is 19.8. The molecule has 0 saturated carbocycles. The quantitative estimate of drug-likeness (QED) is 0.416. The minimum absolute atomic E-state index is 0.0633. The van der Waals surface area contributed by atoms with Crippen molar-refractivity contribution < 1.29 is 17.7 Å². The lowest BCUT2D eigenvalue weighted by atomic mass is 10.2. The van der Waals surface area contributed by atoms with Gasteiger partial charge >= 0.3 is 0 Å². The number of sulfonamides is 1. The van der Waals surface area contributed by atoms with Crippen LogP contribution in [0.3, 0.4) is 0 Å². The fourth-order valence-electron chi connectivity index (χ4n) is 2.38.